The Morgan fingerprint density at radius 3 is 2.95 bits per heavy atom. The van der Waals surface area contributed by atoms with Crippen LogP contribution in [0.25, 0.3) is 0 Å². The Bertz CT molecular complexity index is 534. The molecule has 1 saturated heterocycles. The summed E-state index contributed by atoms with van der Waals surface area (Å²) in [4.78, 5) is 23.5. The predicted octanol–water partition coefficient (Wildman–Crippen LogP) is -0.137. The van der Waals surface area contributed by atoms with E-state index in [0.29, 0.717) is 25.3 Å². The summed E-state index contributed by atoms with van der Waals surface area (Å²) in [7, 11) is 0. The number of anilines is 1. The summed E-state index contributed by atoms with van der Waals surface area (Å²) >= 11 is 0. The second-order valence-corrected chi connectivity index (χ2v) is 4.57. The van der Waals surface area contributed by atoms with E-state index in [2.05, 4.69) is 0 Å². The van der Waals surface area contributed by atoms with E-state index in [-0.39, 0.29) is 18.0 Å². The van der Waals surface area contributed by atoms with Crippen LogP contribution in [0, 0.1) is 10.1 Å². The lowest BCUT2D eigenvalue weighted by Crippen LogP contribution is -2.51. The van der Waals surface area contributed by atoms with E-state index in [0.717, 1.165) is 0 Å². The van der Waals surface area contributed by atoms with E-state index >= 15 is 0 Å². The minimum absolute atomic E-state index is 0.118. The van der Waals surface area contributed by atoms with Gasteiger partial charge in [0, 0.05) is 19.2 Å². The van der Waals surface area contributed by atoms with Gasteiger partial charge >= 0.3 is 0 Å². The molecular weight excluding hydrogens is 264 g/mol. The van der Waals surface area contributed by atoms with Crippen molar-refractivity contribution in [1.29, 1.82) is 0 Å². The van der Waals surface area contributed by atoms with Crippen molar-refractivity contribution < 1.29 is 14.5 Å². The maximum atomic E-state index is 11.4. The van der Waals surface area contributed by atoms with Gasteiger partial charge in [-0.15, -0.1) is 0 Å². The zero-order chi connectivity index (χ0) is 14.7. The first kappa shape index (κ1) is 14.2. The molecule has 8 nitrogen and oxygen atoms in total. The van der Waals surface area contributed by atoms with Gasteiger partial charge in [-0.1, -0.05) is 12.1 Å². The highest BCUT2D eigenvalue weighted by Crippen LogP contribution is 2.26. The molecule has 4 N–H and O–H groups in total. The fourth-order valence-corrected chi connectivity index (χ4v) is 2.20. The number of morpholine rings is 1. The number of nitro benzene ring substituents is 1. The van der Waals surface area contributed by atoms with Crippen molar-refractivity contribution in [2.24, 2.45) is 5.73 Å². The first-order valence-corrected chi connectivity index (χ1v) is 6.13. The molecule has 108 valence electrons. The molecule has 1 aliphatic rings. The molecule has 1 fully saturated rings. The van der Waals surface area contributed by atoms with E-state index in [1.54, 1.807) is 12.1 Å². The van der Waals surface area contributed by atoms with Crippen LogP contribution in [0.1, 0.15) is 5.56 Å². The number of amides is 1. The van der Waals surface area contributed by atoms with E-state index in [4.69, 9.17) is 16.2 Å². The fourth-order valence-electron chi connectivity index (χ4n) is 2.20. The standard InChI is InChI=1S/C12H16N4O4/c13-11-8(2-1-3-9(11)16(18)19)6-15-4-5-20-7-10(15)12(14)17/h1-3,10H,4-7,13H2,(H2,14,17). The Labute approximate surface area is 115 Å². The highest BCUT2D eigenvalue weighted by atomic mass is 16.6. The largest absolute Gasteiger partial charge is 0.393 e. The van der Waals surface area contributed by atoms with Crippen LogP contribution < -0.4 is 11.5 Å². The van der Waals surface area contributed by atoms with Crippen LogP contribution in [0.2, 0.25) is 0 Å². The molecule has 1 amide bonds. The fraction of sp³-hybridized carbons (Fsp3) is 0.417. The molecule has 0 bridgehead atoms. The second-order valence-electron chi connectivity index (χ2n) is 4.57. The molecule has 2 rings (SSSR count). The number of para-hydroxylation sites is 1. The quantitative estimate of drug-likeness (QED) is 0.449. The van der Waals surface area contributed by atoms with Gasteiger partial charge in [-0.25, -0.2) is 0 Å². The highest BCUT2D eigenvalue weighted by molar-refractivity contribution is 5.80. The van der Waals surface area contributed by atoms with Crippen molar-refractivity contribution in [1.82, 2.24) is 4.90 Å². The Kier molecular flexibility index (Phi) is 4.16. The minimum Gasteiger partial charge on any atom is -0.393 e. The van der Waals surface area contributed by atoms with Crippen molar-refractivity contribution in [3.05, 3.63) is 33.9 Å². The molecule has 1 atom stereocenters. The summed E-state index contributed by atoms with van der Waals surface area (Å²) in [5.74, 6) is -0.478. The second kappa shape index (κ2) is 5.85. The summed E-state index contributed by atoms with van der Waals surface area (Å²) in [5.41, 5.74) is 11.7. The number of ether oxygens (including phenoxy) is 1. The van der Waals surface area contributed by atoms with Gasteiger partial charge in [-0.05, 0) is 5.56 Å². The minimum atomic E-state index is -0.539. The zero-order valence-electron chi connectivity index (χ0n) is 10.8. The van der Waals surface area contributed by atoms with Gasteiger partial charge in [-0.2, -0.15) is 0 Å². The topological polar surface area (TPSA) is 125 Å². The van der Waals surface area contributed by atoms with Crippen LogP contribution in [0.4, 0.5) is 11.4 Å². The summed E-state index contributed by atoms with van der Waals surface area (Å²) < 4.78 is 5.22. The molecule has 1 unspecified atom stereocenters. The third kappa shape index (κ3) is 2.86. The first-order chi connectivity index (χ1) is 9.50. The number of primary amides is 1. The Hall–Kier alpha value is -2.19. The van der Waals surface area contributed by atoms with Crippen molar-refractivity contribution in [2.45, 2.75) is 12.6 Å². The van der Waals surface area contributed by atoms with Gasteiger partial charge in [0.1, 0.15) is 11.7 Å². The summed E-state index contributed by atoms with van der Waals surface area (Å²) in [6, 6.07) is 4.09. The van der Waals surface area contributed by atoms with Crippen LogP contribution in [0.3, 0.4) is 0 Å². The normalized spacial score (nSPS) is 19.7. The lowest BCUT2D eigenvalue weighted by molar-refractivity contribution is -0.384. The Morgan fingerprint density at radius 1 is 1.55 bits per heavy atom. The smallest absolute Gasteiger partial charge is 0.292 e. The molecule has 1 aliphatic heterocycles. The lowest BCUT2D eigenvalue weighted by Gasteiger charge is -2.33. The zero-order valence-corrected chi connectivity index (χ0v) is 10.8. The van der Waals surface area contributed by atoms with Gasteiger partial charge in [0.05, 0.1) is 18.1 Å². The molecule has 0 radical (unpaired) electrons. The van der Waals surface area contributed by atoms with Crippen LogP contribution in [-0.4, -0.2) is 41.5 Å². The monoisotopic (exact) mass is 280 g/mol. The van der Waals surface area contributed by atoms with Gasteiger partial charge in [0.15, 0.2) is 0 Å². The molecule has 0 saturated carbocycles. The third-order valence-electron chi connectivity index (χ3n) is 3.31. The van der Waals surface area contributed by atoms with E-state index in [9.17, 15) is 14.9 Å². The van der Waals surface area contributed by atoms with Crippen LogP contribution in [-0.2, 0) is 16.1 Å². The number of rotatable bonds is 4. The number of hydrogen-bond acceptors (Lipinski definition) is 6. The van der Waals surface area contributed by atoms with Gasteiger partial charge in [0.25, 0.3) is 5.69 Å². The van der Waals surface area contributed by atoms with Crippen molar-refractivity contribution in [2.75, 3.05) is 25.5 Å². The molecule has 0 aliphatic carbocycles. The number of carbonyl (C=O) groups excluding carboxylic acids is 1. The molecule has 8 heteroatoms. The van der Waals surface area contributed by atoms with Gasteiger partial charge in [-0.3, -0.25) is 19.8 Å². The number of hydrogen-bond donors (Lipinski definition) is 2. The summed E-state index contributed by atoms with van der Waals surface area (Å²) in [6.45, 7) is 1.56. The lowest BCUT2D eigenvalue weighted by atomic mass is 10.1. The number of nitrogen functional groups attached to an aromatic ring is 1. The molecule has 0 spiro atoms. The number of benzene rings is 1. The average molecular weight is 280 g/mol. The summed E-state index contributed by atoms with van der Waals surface area (Å²) in [5, 5.41) is 10.9. The van der Waals surface area contributed by atoms with Crippen molar-refractivity contribution >= 4 is 17.3 Å². The molecule has 1 heterocycles. The van der Waals surface area contributed by atoms with Crippen LogP contribution in [0.15, 0.2) is 18.2 Å². The van der Waals surface area contributed by atoms with Crippen LogP contribution in [0.5, 0.6) is 0 Å². The maximum Gasteiger partial charge on any atom is 0.292 e. The molecule has 20 heavy (non-hydrogen) atoms. The maximum absolute atomic E-state index is 11.4. The predicted molar refractivity (Wildman–Crippen MR) is 71.7 cm³/mol. The SMILES string of the molecule is NC(=O)C1COCCN1Cc1cccc([N+](=O)[O-])c1N. The van der Waals surface area contributed by atoms with Crippen molar-refractivity contribution in [3.63, 3.8) is 0 Å². The molecule has 1 aromatic carbocycles. The van der Waals surface area contributed by atoms with Gasteiger partial charge in [0.2, 0.25) is 5.91 Å². The number of nitrogens with zero attached hydrogens (tertiary/aromatic N) is 2. The molecule has 0 aromatic heterocycles. The van der Waals surface area contributed by atoms with Crippen molar-refractivity contribution in [3.8, 4) is 0 Å². The van der Waals surface area contributed by atoms with E-state index in [1.165, 1.54) is 6.07 Å². The number of nitro groups is 1. The average Bonchev–Trinajstić information content (AvgIpc) is 2.41. The summed E-state index contributed by atoms with van der Waals surface area (Å²) in [6.07, 6.45) is 0. The number of nitrogens with two attached hydrogens (primary N) is 2. The van der Waals surface area contributed by atoms with Crippen LogP contribution >= 0.6 is 0 Å². The highest BCUT2D eigenvalue weighted by Gasteiger charge is 2.28. The first-order valence-electron chi connectivity index (χ1n) is 6.13. The Balaban J connectivity index is 2.22. The Morgan fingerprint density at radius 2 is 2.30 bits per heavy atom. The van der Waals surface area contributed by atoms with E-state index in [1.807, 2.05) is 4.90 Å². The number of carbonyl (C=O) groups is 1. The molecular formula is C12H16N4O4. The van der Waals surface area contributed by atoms with E-state index < -0.39 is 16.9 Å². The molecule has 1 aromatic rings. The third-order valence-corrected chi connectivity index (χ3v) is 3.31. The van der Waals surface area contributed by atoms with Gasteiger partial charge < -0.3 is 16.2 Å².